The number of ether oxygens (including phenoxy) is 3. The van der Waals surface area contributed by atoms with E-state index in [4.69, 9.17) is 24.3 Å². The van der Waals surface area contributed by atoms with Gasteiger partial charge in [-0.15, -0.1) is 0 Å². The number of aliphatic hydroxyl groups excluding tert-OH is 1. The van der Waals surface area contributed by atoms with Crippen LogP contribution in [0.25, 0.3) is 10.4 Å². The van der Waals surface area contributed by atoms with E-state index < -0.39 is 27.4 Å². The van der Waals surface area contributed by atoms with Crippen LogP contribution in [-0.4, -0.2) is 81.0 Å². The monoisotopic (exact) mass is 619 g/mol. The SMILES string of the molecule is [N-]=[N+]=Nc1ccccc1[C@@H]1OC(c2ccc(OCCCO)cc2)=N[C@]1(CCS(=O)(=O)c1ccccc1)C(=O)N1CCOCC1. The first-order valence-electron chi connectivity index (χ1n) is 14.3. The highest BCUT2D eigenvalue weighted by atomic mass is 32.2. The normalized spacial score (nSPS) is 19.9. The number of amides is 1. The first-order chi connectivity index (χ1) is 21.4. The van der Waals surface area contributed by atoms with Crippen molar-refractivity contribution in [3.8, 4) is 5.75 Å². The number of carbonyl (C=O) groups excluding carboxylic acids is 1. The van der Waals surface area contributed by atoms with Crippen molar-refractivity contribution < 1.29 is 32.5 Å². The van der Waals surface area contributed by atoms with Gasteiger partial charge < -0.3 is 24.2 Å². The predicted molar refractivity (Wildman–Crippen MR) is 162 cm³/mol. The first kappa shape index (κ1) is 31.0. The van der Waals surface area contributed by atoms with Crippen molar-refractivity contribution in [1.29, 1.82) is 0 Å². The van der Waals surface area contributed by atoms with Crippen molar-refractivity contribution in [3.05, 3.63) is 100 Å². The van der Waals surface area contributed by atoms with Gasteiger partial charge in [-0.25, -0.2) is 13.4 Å². The molecule has 0 radical (unpaired) electrons. The van der Waals surface area contributed by atoms with Crippen LogP contribution in [0, 0.1) is 0 Å². The summed E-state index contributed by atoms with van der Waals surface area (Å²) in [5.41, 5.74) is 8.79. The molecule has 0 saturated carbocycles. The average molecular weight is 620 g/mol. The molecular formula is C31H33N5O7S. The van der Waals surface area contributed by atoms with Gasteiger partial charge in [0.2, 0.25) is 5.90 Å². The molecule has 2 heterocycles. The van der Waals surface area contributed by atoms with E-state index in [9.17, 15) is 18.7 Å². The van der Waals surface area contributed by atoms with Crippen LogP contribution < -0.4 is 4.74 Å². The summed E-state index contributed by atoms with van der Waals surface area (Å²) in [6.45, 7) is 1.64. The number of aliphatic hydroxyl groups is 1. The predicted octanol–water partition coefficient (Wildman–Crippen LogP) is 4.37. The molecular weight excluding hydrogens is 586 g/mol. The van der Waals surface area contributed by atoms with Crippen LogP contribution in [-0.2, 0) is 24.1 Å². The van der Waals surface area contributed by atoms with Crippen LogP contribution in [0.4, 0.5) is 5.69 Å². The third-order valence-electron chi connectivity index (χ3n) is 7.53. The number of hydrogen-bond acceptors (Lipinski definition) is 9. The smallest absolute Gasteiger partial charge is 0.255 e. The number of hydrogen-bond donors (Lipinski definition) is 1. The number of aliphatic imine (C=N–C) groups is 1. The molecule has 3 aromatic rings. The summed E-state index contributed by atoms with van der Waals surface area (Å²) in [5, 5.41) is 12.9. The molecule has 1 fully saturated rings. The van der Waals surface area contributed by atoms with Crippen molar-refractivity contribution in [2.24, 2.45) is 10.1 Å². The number of azide groups is 1. The van der Waals surface area contributed by atoms with Crippen LogP contribution in [0.15, 0.2) is 93.9 Å². The number of sulfone groups is 1. The topological polar surface area (TPSA) is 163 Å². The Hall–Kier alpha value is -4.42. The second-order valence-corrected chi connectivity index (χ2v) is 12.4. The van der Waals surface area contributed by atoms with Crippen molar-refractivity contribution in [2.75, 3.05) is 45.3 Å². The Balaban J connectivity index is 1.61. The second-order valence-electron chi connectivity index (χ2n) is 10.3. The highest BCUT2D eigenvalue weighted by Gasteiger charge is 2.55. The van der Waals surface area contributed by atoms with Crippen LogP contribution in [0.3, 0.4) is 0 Å². The van der Waals surface area contributed by atoms with Gasteiger partial charge in [0, 0.05) is 54.3 Å². The minimum absolute atomic E-state index is 0.0146. The standard InChI is InChI=1S/C31H33N5O7S/c32-35-34-27-10-5-4-9-26(27)28-31(30(38)36-16-20-41-21-17-36,15-22-44(39,40)25-7-2-1-3-8-25)33-29(43-28)23-11-13-24(14-12-23)42-19-6-18-37/h1-5,7-14,28,37H,6,15-22H2/t28-,31-/m0/s1. The largest absolute Gasteiger partial charge is 0.494 e. The minimum Gasteiger partial charge on any atom is -0.494 e. The van der Waals surface area contributed by atoms with Gasteiger partial charge in [-0.3, -0.25) is 4.79 Å². The third-order valence-corrected chi connectivity index (χ3v) is 9.26. The van der Waals surface area contributed by atoms with E-state index in [1.54, 1.807) is 71.6 Å². The van der Waals surface area contributed by atoms with Gasteiger partial charge >= 0.3 is 0 Å². The lowest BCUT2D eigenvalue weighted by Gasteiger charge is -2.37. The average Bonchev–Trinajstić information content (AvgIpc) is 3.46. The molecule has 2 aliphatic rings. The molecule has 230 valence electrons. The van der Waals surface area contributed by atoms with Gasteiger partial charge in [-0.2, -0.15) is 0 Å². The lowest BCUT2D eigenvalue weighted by atomic mass is 9.83. The molecule has 5 rings (SSSR count). The van der Waals surface area contributed by atoms with Crippen molar-refractivity contribution in [1.82, 2.24) is 4.90 Å². The van der Waals surface area contributed by atoms with Gasteiger partial charge in [0.05, 0.1) is 30.5 Å². The van der Waals surface area contributed by atoms with E-state index in [1.165, 1.54) is 12.1 Å². The summed E-state index contributed by atoms with van der Waals surface area (Å²) in [4.78, 5) is 24.2. The number of nitrogens with zero attached hydrogens (tertiary/aromatic N) is 5. The highest BCUT2D eigenvalue weighted by Crippen LogP contribution is 2.46. The Labute approximate surface area is 255 Å². The van der Waals surface area contributed by atoms with Gasteiger partial charge in [0.1, 0.15) is 5.75 Å². The van der Waals surface area contributed by atoms with Crippen molar-refractivity contribution in [3.63, 3.8) is 0 Å². The maximum Gasteiger partial charge on any atom is 0.255 e. The fourth-order valence-corrected chi connectivity index (χ4v) is 6.64. The van der Waals surface area contributed by atoms with Crippen molar-refractivity contribution in [2.45, 2.75) is 29.4 Å². The number of carbonyl (C=O) groups is 1. The molecule has 0 aliphatic carbocycles. The molecule has 1 saturated heterocycles. The lowest BCUT2D eigenvalue weighted by Crippen LogP contribution is -2.54. The summed E-state index contributed by atoms with van der Waals surface area (Å²) in [7, 11) is -3.81. The second kappa shape index (κ2) is 13.9. The zero-order valence-corrected chi connectivity index (χ0v) is 24.8. The van der Waals surface area contributed by atoms with Crippen LogP contribution >= 0.6 is 0 Å². The number of rotatable bonds is 12. The van der Waals surface area contributed by atoms with Gasteiger partial charge in [0.25, 0.3) is 5.91 Å². The van der Waals surface area contributed by atoms with E-state index in [1.807, 2.05) is 0 Å². The molecule has 1 amide bonds. The lowest BCUT2D eigenvalue weighted by molar-refractivity contribution is -0.144. The zero-order valence-electron chi connectivity index (χ0n) is 24.0. The molecule has 2 atom stereocenters. The molecule has 0 bridgehead atoms. The summed E-state index contributed by atoms with van der Waals surface area (Å²) in [5.74, 6) is -0.0591. The van der Waals surface area contributed by atoms with Gasteiger partial charge in [0.15, 0.2) is 21.5 Å². The molecule has 0 unspecified atom stereocenters. The van der Waals surface area contributed by atoms with Crippen LogP contribution in [0.2, 0.25) is 0 Å². The van der Waals surface area contributed by atoms with Crippen molar-refractivity contribution >= 4 is 27.3 Å². The van der Waals surface area contributed by atoms with E-state index in [-0.39, 0.29) is 35.3 Å². The maximum absolute atomic E-state index is 14.6. The zero-order chi connectivity index (χ0) is 31.0. The summed E-state index contributed by atoms with van der Waals surface area (Å²) >= 11 is 0. The first-order valence-corrected chi connectivity index (χ1v) is 15.9. The Morgan fingerprint density at radius 2 is 1.77 bits per heavy atom. The summed E-state index contributed by atoms with van der Waals surface area (Å²) in [6, 6.07) is 21.7. The Morgan fingerprint density at radius 3 is 2.48 bits per heavy atom. The van der Waals surface area contributed by atoms with E-state index >= 15 is 0 Å². The minimum atomic E-state index is -3.81. The Kier molecular flexibility index (Phi) is 9.81. The quantitative estimate of drug-likeness (QED) is 0.136. The fourth-order valence-electron chi connectivity index (χ4n) is 5.26. The Bertz CT molecular complexity index is 1640. The summed E-state index contributed by atoms with van der Waals surface area (Å²) in [6.07, 6.45) is -0.801. The Morgan fingerprint density at radius 1 is 1.07 bits per heavy atom. The molecule has 2 aliphatic heterocycles. The molecule has 0 spiro atoms. The van der Waals surface area contributed by atoms with E-state index in [0.717, 1.165) is 0 Å². The van der Waals surface area contributed by atoms with E-state index in [0.29, 0.717) is 56.2 Å². The van der Waals surface area contributed by atoms with Crippen LogP contribution in [0.1, 0.15) is 30.1 Å². The maximum atomic E-state index is 14.6. The molecule has 3 aromatic carbocycles. The van der Waals surface area contributed by atoms with Gasteiger partial charge in [-0.05, 0) is 41.9 Å². The third kappa shape index (κ3) is 6.71. The fraction of sp³-hybridized carbons (Fsp3) is 0.355. The number of morpholine rings is 1. The molecule has 0 aromatic heterocycles. The van der Waals surface area contributed by atoms with Gasteiger partial charge in [-0.1, -0.05) is 47.6 Å². The number of benzene rings is 3. The van der Waals surface area contributed by atoms with Crippen LogP contribution in [0.5, 0.6) is 5.75 Å². The molecule has 12 nitrogen and oxygen atoms in total. The summed E-state index contributed by atoms with van der Waals surface area (Å²) < 4.78 is 44.6. The molecule has 1 N–H and O–H groups in total. The highest BCUT2D eigenvalue weighted by molar-refractivity contribution is 7.91. The molecule has 44 heavy (non-hydrogen) atoms. The molecule has 13 heteroatoms. The van der Waals surface area contributed by atoms with E-state index in [2.05, 4.69) is 10.0 Å².